The summed E-state index contributed by atoms with van der Waals surface area (Å²) >= 11 is 5.49. The molecule has 0 aliphatic carbocycles. The molecule has 0 saturated carbocycles. The van der Waals surface area contributed by atoms with Gasteiger partial charge in [0.15, 0.2) is 4.34 Å². The first-order valence-electron chi connectivity index (χ1n) is 5.78. The third-order valence-electron chi connectivity index (χ3n) is 2.81. The number of halogens is 1. The van der Waals surface area contributed by atoms with Crippen LogP contribution in [0.1, 0.15) is 12.8 Å². The van der Waals surface area contributed by atoms with Gasteiger partial charge in [0.2, 0.25) is 0 Å². The zero-order valence-electron chi connectivity index (χ0n) is 9.80. The Balaban J connectivity index is 0.00000120. The summed E-state index contributed by atoms with van der Waals surface area (Å²) < 4.78 is 1.22. The number of nitrogens with one attached hydrogen (secondary N) is 1. The average molecular weight is 319 g/mol. The van der Waals surface area contributed by atoms with E-state index in [1.54, 1.807) is 22.7 Å². The molecule has 3 rings (SSSR count). The van der Waals surface area contributed by atoms with Crippen LogP contribution in [-0.2, 0) is 0 Å². The monoisotopic (exact) mass is 318 g/mol. The Morgan fingerprint density at radius 1 is 1.28 bits per heavy atom. The smallest absolute Gasteiger partial charge is 0.150 e. The Morgan fingerprint density at radius 3 is 2.83 bits per heavy atom. The van der Waals surface area contributed by atoms with Gasteiger partial charge in [0.25, 0.3) is 0 Å². The van der Waals surface area contributed by atoms with E-state index >= 15 is 0 Å². The maximum Gasteiger partial charge on any atom is 0.150 e. The molecule has 3 heterocycles. The Hall–Kier alpha value is -0.0700. The van der Waals surface area contributed by atoms with E-state index in [1.807, 2.05) is 11.8 Å². The summed E-state index contributed by atoms with van der Waals surface area (Å²) in [7, 11) is 0. The third-order valence-corrected chi connectivity index (χ3v) is 6.01. The van der Waals surface area contributed by atoms with Crippen LogP contribution in [0, 0.1) is 0 Å². The summed E-state index contributed by atoms with van der Waals surface area (Å²) in [5.41, 5.74) is 1.14. The summed E-state index contributed by atoms with van der Waals surface area (Å²) in [5.74, 6) is 0. The van der Waals surface area contributed by atoms with Gasteiger partial charge in [0, 0.05) is 10.6 Å². The molecule has 1 N–H and O–H groups in total. The normalized spacial score (nSPS) is 16.4. The highest BCUT2D eigenvalue weighted by atomic mass is 35.5. The van der Waals surface area contributed by atoms with Crippen molar-refractivity contribution in [1.82, 2.24) is 10.3 Å². The minimum absolute atomic E-state index is 0. The minimum atomic E-state index is 0. The molecule has 0 spiro atoms. The second-order valence-electron chi connectivity index (χ2n) is 4.04. The molecule has 98 valence electrons. The molecule has 0 amide bonds. The van der Waals surface area contributed by atoms with Gasteiger partial charge in [0.05, 0.1) is 10.6 Å². The van der Waals surface area contributed by atoms with Gasteiger partial charge in [-0.3, -0.25) is 0 Å². The fraction of sp³-hybridized carbons (Fsp3) is 0.417. The Bertz CT molecular complexity index is 463. The standard InChI is InChI=1S/C12H14N2S3.ClH/c1-2-11(15-7-1)10-8-16-12(14-10)17-9-3-5-13-6-4-9;/h1-2,7-9,13H,3-6H2;1H. The van der Waals surface area contributed by atoms with Gasteiger partial charge in [-0.1, -0.05) is 17.8 Å². The lowest BCUT2D eigenvalue weighted by molar-refractivity contribution is 0.531. The van der Waals surface area contributed by atoms with Crippen LogP contribution in [0.4, 0.5) is 0 Å². The number of aromatic nitrogens is 1. The molecule has 6 heteroatoms. The van der Waals surface area contributed by atoms with Crippen LogP contribution in [-0.4, -0.2) is 23.3 Å². The van der Waals surface area contributed by atoms with E-state index in [4.69, 9.17) is 4.98 Å². The summed E-state index contributed by atoms with van der Waals surface area (Å²) in [6.07, 6.45) is 2.52. The SMILES string of the molecule is Cl.c1csc(-c2csc(SC3CCNCC3)n2)c1. The maximum atomic E-state index is 4.72. The first kappa shape index (κ1) is 14.3. The van der Waals surface area contributed by atoms with Crippen LogP contribution >= 0.6 is 46.8 Å². The second kappa shape index (κ2) is 6.91. The summed E-state index contributed by atoms with van der Waals surface area (Å²) in [6, 6.07) is 4.22. The third kappa shape index (κ3) is 3.48. The van der Waals surface area contributed by atoms with E-state index in [9.17, 15) is 0 Å². The van der Waals surface area contributed by atoms with Gasteiger partial charge in [-0.15, -0.1) is 35.1 Å². The average Bonchev–Trinajstić information content (AvgIpc) is 3.00. The highest BCUT2D eigenvalue weighted by Crippen LogP contribution is 2.34. The van der Waals surface area contributed by atoms with Crippen molar-refractivity contribution in [3.05, 3.63) is 22.9 Å². The number of hydrogen-bond acceptors (Lipinski definition) is 5. The quantitative estimate of drug-likeness (QED) is 0.920. The Kier molecular flexibility index (Phi) is 5.51. The summed E-state index contributed by atoms with van der Waals surface area (Å²) in [4.78, 5) is 5.99. The topological polar surface area (TPSA) is 24.9 Å². The van der Waals surface area contributed by atoms with Crippen LogP contribution in [0.2, 0.25) is 0 Å². The summed E-state index contributed by atoms with van der Waals surface area (Å²) in [6.45, 7) is 2.31. The van der Waals surface area contributed by atoms with Gasteiger partial charge in [-0.05, 0) is 37.4 Å². The maximum absolute atomic E-state index is 4.72. The fourth-order valence-corrected chi connectivity index (χ4v) is 4.89. The molecular weight excluding hydrogens is 304 g/mol. The molecule has 1 aliphatic heterocycles. The highest BCUT2D eigenvalue weighted by Gasteiger charge is 2.16. The minimum Gasteiger partial charge on any atom is -0.317 e. The molecule has 2 nitrogen and oxygen atoms in total. The van der Waals surface area contributed by atoms with Crippen molar-refractivity contribution in [3.63, 3.8) is 0 Å². The number of thiophene rings is 1. The van der Waals surface area contributed by atoms with Crippen molar-refractivity contribution >= 4 is 46.8 Å². The second-order valence-corrected chi connectivity index (χ2v) is 7.40. The molecule has 0 aromatic carbocycles. The van der Waals surface area contributed by atoms with Crippen molar-refractivity contribution in [1.29, 1.82) is 0 Å². The van der Waals surface area contributed by atoms with E-state index in [2.05, 4.69) is 28.2 Å². The van der Waals surface area contributed by atoms with Crippen molar-refractivity contribution < 1.29 is 0 Å². The molecule has 0 radical (unpaired) electrons. The lowest BCUT2D eigenvalue weighted by Crippen LogP contribution is -2.29. The van der Waals surface area contributed by atoms with Gasteiger partial charge >= 0.3 is 0 Å². The molecule has 18 heavy (non-hydrogen) atoms. The number of piperidine rings is 1. The zero-order chi connectivity index (χ0) is 11.5. The van der Waals surface area contributed by atoms with Crippen molar-refractivity contribution in [2.24, 2.45) is 0 Å². The molecule has 0 atom stereocenters. The molecule has 0 unspecified atom stereocenters. The summed E-state index contributed by atoms with van der Waals surface area (Å²) in [5, 5.41) is 8.43. The number of thiazole rings is 1. The molecule has 0 bridgehead atoms. The largest absolute Gasteiger partial charge is 0.317 e. The molecule has 2 aromatic heterocycles. The molecule has 2 aromatic rings. The number of hydrogen-bond donors (Lipinski definition) is 1. The first-order chi connectivity index (χ1) is 8.42. The lowest BCUT2D eigenvalue weighted by atomic mass is 10.2. The Labute approximate surface area is 126 Å². The van der Waals surface area contributed by atoms with Crippen LogP contribution in [0.15, 0.2) is 27.2 Å². The van der Waals surface area contributed by atoms with Gasteiger partial charge < -0.3 is 5.32 Å². The van der Waals surface area contributed by atoms with Crippen LogP contribution < -0.4 is 5.32 Å². The highest BCUT2D eigenvalue weighted by molar-refractivity contribution is 8.01. The van der Waals surface area contributed by atoms with E-state index in [0.717, 1.165) is 24.0 Å². The van der Waals surface area contributed by atoms with E-state index in [0.29, 0.717) is 0 Å². The predicted octanol–water partition coefficient (Wildman–Crippen LogP) is 4.14. The van der Waals surface area contributed by atoms with Crippen molar-refractivity contribution in [2.45, 2.75) is 22.4 Å². The van der Waals surface area contributed by atoms with Crippen LogP contribution in [0.5, 0.6) is 0 Å². The molecule has 1 fully saturated rings. The number of nitrogens with zero attached hydrogens (tertiary/aromatic N) is 1. The van der Waals surface area contributed by atoms with Crippen LogP contribution in [0.25, 0.3) is 10.6 Å². The molecule has 1 aliphatic rings. The van der Waals surface area contributed by atoms with Gasteiger partial charge in [-0.2, -0.15) is 0 Å². The van der Waals surface area contributed by atoms with Crippen molar-refractivity contribution in [3.8, 4) is 10.6 Å². The first-order valence-corrected chi connectivity index (χ1v) is 8.42. The van der Waals surface area contributed by atoms with Gasteiger partial charge in [0.1, 0.15) is 0 Å². The molecular formula is C12H15ClN2S3. The lowest BCUT2D eigenvalue weighted by Gasteiger charge is -2.20. The van der Waals surface area contributed by atoms with Crippen molar-refractivity contribution in [2.75, 3.05) is 13.1 Å². The van der Waals surface area contributed by atoms with E-state index < -0.39 is 0 Å². The molecule has 1 saturated heterocycles. The zero-order valence-corrected chi connectivity index (χ0v) is 13.1. The van der Waals surface area contributed by atoms with Gasteiger partial charge in [-0.25, -0.2) is 4.98 Å². The fourth-order valence-electron chi connectivity index (χ4n) is 1.90. The van der Waals surface area contributed by atoms with E-state index in [1.165, 1.54) is 22.1 Å². The van der Waals surface area contributed by atoms with Crippen LogP contribution in [0.3, 0.4) is 0 Å². The number of rotatable bonds is 3. The Morgan fingerprint density at radius 2 is 2.11 bits per heavy atom. The van der Waals surface area contributed by atoms with E-state index in [-0.39, 0.29) is 12.4 Å². The number of thioether (sulfide) groups is 1. The predicted molar refractivity (Wildman–Crippen MR) is 84.4 cm³/mol.